The minimum atomic E-state index is -1.53. The summed E-state index contributed by atoms with van der Waals surface area (Å²) < 4.78 is 23.2. The first-order chi connectivity index (χ1) is 14.1. The summed E-state index contributed by atoms with van der Waals surface area (Å²) in [6.07, 6.45) is -7.10. The third kappa shape index (κ3) is 3.62. The smallest absolute Gasteiger partial charge is 0.192 e. The number of aliphatic hydroxyl groups is 4. The molecule has 9 nitrogen and oxygen atoms in total. The molecule has 0 bridgehead atoms. The Balaban J connectivity index is 1.63. The Morgan fingerprint density at radius 1 is 1.13 bits per heavy atom. The molecule has 1 saturated heterocycles. The molecule has 1 fully saturated rings. The zero-order chi connectivity index (χ0) is 21.8. The van der Waals surface area contributed by atoms with Crippen molar-refractivity contribution in [1.29, 1.82) is 0 Å². The first-order valence-corrected chi connectivity index (χ1v) is 9.83. The summed E-state index contributed by atoms with van der Waals surface area (Å²) in [5.41, 5.74) is 0.159. The van der Waals surface area contributed by atoms with Crippen molar-refractivity contribution in [1.82, 2.24) is 0 Å². The summed E-state index contributed by atoms with van der Waals surface area (Å²) >= 11 is 0. The van der Waals surface area contributed by atoms with Crippen LogP contribution in [0.1, 0.15) is 25.2 Å². The van der Waals surface area contributed by atoms with Gasteiger partial charge in [0.05, 0.1) is 12.0 Å². The molecule has 2 aliphatic rings. The molecule has 4 N–H and O–H groups in total. The van der Waals surface area contributed by atoms with Crippen LogP contribution < -0.4 is 10.2 Å². The van der Waals surface area contributed by atoms with Gasteiger partial charge in [-0.05, 0) is 32.4 Å². The van der Waals surface area contributed by atoms with E-state index in [1.807, 2.05) is 0 Å². The average Bonchev–Trinajstić information content (AvgIpc) is 2.67. The Hall–Kier alpha value is -2.01. The van der Waals surface area contributed by atoms with Crippen LogP contribution in [0.4, 0.5) is 0 Å². The number of aryl methyl sites for hydroxylation is 1. The van der Waals surface area contributed by atoms with Crippen LogP contribution in [0.2, 0.25) is 0 Å². The van der Waals surface area contributed by atoms with E-state index >= 15 is 0 Å². The van der Waals surface area contributed by atoms with Gasteiger partial charge in [-0.25, -0.2) is 0 Å². The third-order valence-corrected chi connectivity index (χ3v) is 5.73. The van der Waals surface area contributed by atoms with Gasteiger partial charge in [-0.1, -0.05) is 0 Å². The fourth-order valence-electron chi connectivity index (χ4n) is 3.95. The van der Waals surface area contributed by atoms with Crippen LogP contribution in [0.3, 0.4) is 0 Å². The Morgan fingerprint density at radius 2 is 1.87 bits per heavy atom. The molecule has 1 aromatic carbocycles. The lowest BCUT2D eigenvalue weighted by Crippen LogP contribution is -2.61. The topological polar surface area (TPSA) is 139 Å². The van der Waals surface area contributed by atoms with Gasteiger partial charge in [-0.15, -0.1) is 0 Å². The van der Waals surface area contributed by atoms with E-state index in [1.165, 1.54) is 6.07 Å². The Labute approximate surface area is 172 Å². The van der Waals surface area contributed by atoms with Crippen LogP contribution in [0.15, 0.2) is 27.4 Å². The quantitative estimate of drug-likeness (QED) is 0.538. The fourth-order valence-corrected chi connectivity index (χ4v) is 3.95. The van der Waals surface area contributed by atoms with Gasteiger partial charge >= 0.3 is 0 Å². The van der Waals surface area contributed by atoms with E-state index in [9.17, 15) is 25.2 Å². The Morgan fingerprint density at radius 3 is 2.57 bits per heavy atom. The Kier molecular flexibility index (Phi) is 5.38. The third-order valence-electron chi connectivity index (χ3n) is 5.73. The Bertz CT molecular complexity index is 996. The predicted octanol–water partition coefficient (Wildman–Crippen LogP) is 0.0000200. The maximum absolute atomic E-state index is 12.3. The van der Waals surface area contributed by atoms with E-state index in [0.717, 1.165) is 5.56 Å². The number of benzene rings is 1. The summed E-state index contributed by atoms with van der Waals surface area (Å²) in [5, 5.41) is 40.0. The molecule has 0 amide bonds. The van der Waals surface area contributed by atoms with Crippen LogP contribution >= 0.6 is 0 Å². The molecule has 0 radical (unpaired) electrons. The molecule has 164 valence electrons. The van der Waals surface area contributed by atoms with E-state index in [0.29, 0.717) is 28.9 Å². The highest BCUT2D eigenvalue weighted by atomic mass is 16.7. The van der Waals surface area contributed by atoms with Crippen LogP contribution in [0.5, 0.6) is 5.75 Å². The molecule has 3 heterocycles. The van der Waals surface area contributed by atoms with Crippen molar-refractivity contribution in [3.8, 4) is 5.75 Å². The van der Waals surface area contributed by atoms with Crippen LogP contribution in [-0.2, 0) is 15.9 Å². The molecule has 2 aliphatic heterocycles. The lowest BCUT2D eigenvalue weighted by molar-refractivity contribution is -0.321. The van der Waals surface area contributed by atoms with Gasteiger partial charge < -0.3 is 39.1 Å². The second-order valence-electron chi connectivity index (χ2n) is 8.41. The molecule has 9 heteroatoms. The molecule has 4 rings (SSSR count). The van der Waals surface area contributed by atoms with Crippen molar-refractivity contribution in [2.45, 2.75) is 69.6 Å². The fraction of sp³-hybridized carbons (Fsp3) is 0.571. The number of hydrogen-bond acceptors (Lipinski definition) is 9. The molecule has 0 spiro atoms. The van der Waals surface area contributed by atoms with Gasteiger partial charge in [-0.2, -0.15) is 0 Å². The van der Waals surface area contributed by atoms with E-state index in [1.54, 1.807) is 32.9 Å². The minimum Gasteiger partial charge on any atom is -0.485 e. The van der Waals surface area contributed by atoms with Crippen LogP contribution in [0.25, 0.3) is 11.0 Å². The molecule has 6 atom stereocenters. The largest absolute Gasteiger partial charge is 0.485 e. The SMILES string of the molecule is Cc1cc(=O)c2cc3c(cc2o1)OC(C)(C)[C@@H](O[C@@H]1O[C@H](CO)[C@@H](O)[C@H](O)[C@H]1O)C3. The first-order valence-electron chi connectivity index (χ1n) is 9.83. The maximum atomic E-state index is 12.3. The maximum Gasteiger partial charge on any atom is 0.192 e. The second kappa shape index (κ2) is 7.60. The van der Waals surface area contributed by atoms with Gasteiger partial charge in [0.2, 0.25) is 0 Å². The lowest BCUT2D eigenvalue weighted by Gasteiger charge is -2.45. The van der Waals surface area contributed by atoms with E-state index in [-0.39, 0.29) is 5.43 Å². The zero-order valence-electron chi connectivity index (χ0n) is 16.9. The normalized spacial score (nSPS) is 33.2. The van der Waals surface area contributed by atoms with Gasteiger partial charge in [0.15, 0.2) is 11.7 Å². The van der Waals surface area contributed by atoms with Crippen LogP contribution in [0, 0.1) is 6.92 Å². The summed E-state index contributed by atoms with van der Waals surface area (Å²) in [6, 6.07) is 4.81. The summed E-state index contributed by atoms with van der Waals surface area (Å²) in [6.45, 7) is 4.78. The molecule has 0 saturated carbocycles. The second-order valence-corrected chi connectivity index (χ2v) is 8.41. The van der Waals surface area contributed by atoms with Gasteiger partial charge in [0.25, 0.3) is 0 Å². The molecule has 2 aromatic rings. The molecule has 30 heavy (non-hydrogen) atoms. The van der Waals surface area contributed by atoms with Crippen molar-refractivity contribution in [2.75, 3.05) is 6.61 Å². The lowest BCUT2D eigenvalue weighted by atomic mass is 9.90. The van der Waals surface area contributed by atoms with E-state index in [4.69, 9.17) is 18.6 Å². The predicted molar refractivity (Wildman–Crippen MR) is 104 cm³/mol. The number of aliphatic hydroxyl groups excluding tert-OH is 4. The van der Waals surface area contributed by atoms with Crippen molar-refractivity contribution in [3.63, 3.8) is 0 Å². The molecule has 0 unspecified atom stereocenters. The highest BCUT2D eigenvalue weighted by Crippen LogP contribution is 2.38. The van der Waals surface area contributed by atoms with Gasteiger partial charge in [0.1, 0.15) is 53.2 Å². The molecule has 1 aromatic heterocycles. The monoisotopic (exact) mass is 422 g/mol. The number of ether oxygens (including phenoxy) is 3. The van der Waals surface area contributed by atoms with E-state index < -0.39 is 49.0 Å². The number of hydrogen-bond donors (Lipinski definition) is 4. The van der Waals surface area contributed by atoms with Crippen molar-refractivity contribution in [2.24, 2.45) is 0 Å². The minimum absolute atomic E-state index is 0.159. The zero-order valence-corrected chi connectivity index (χ0v) is 16.9. The van der Waals surface area contributed by atoms with Crippen LogP contribution in [-0.4, -0.2) is 69.4 Å². The van der Waals surface area contributed by atoms with Gasteiger partial charge in [0, 0.05) is 18.6 Å². The van der Waals surface area contributed by atoms with E-state index in [2.05, 4.69) is 0 Å². The summed E-state index contributed by atoms with van der Waals surface area (Å²) in [5.74, 6) is 1.07. The number of rotatable bonds is 3. The molecular formula is C21H26O9. The highest BCUT2D eigenvalue weighted by Gasteiger charge is 2.47. The average molecular weight is 422 g/mol. The standard InChI is InChI=1S/C21H26O9/c1-9-4-12(23)11-5-10-6-16(21(2,3)30-13(10)7-14(11)27-9)29-20-19(26)18(25)17(24)15(8-22)28-20/h4-5,7,15-20,22,24-26H,6,8H2,1-3H3/t15-,16+,17-,18+,19-,20+/m1/s1. The van der Waals surface area contributed by atoms with Gasteiger partial charge in [-0.3, -0.25) is 4.79 Å². The van der Waals surface area contributed by atoms with Crippen molar-refractivity contribution < 1.29 is 39.1 Å². The molecule has 0 aliphatic carbocycles. The summed E-state index contributed by atoms with van der Waals surface area (Å²) in [7, 11) is 0. The van der Waals surface area contributed by atoms with Crippen molar-refractivity contribution in [3.05, 3.63) is 39.7 Å². The first kappa shape index (κ1) is 21.2. The summed E-state index contributed by atoms with van der Waals surface area (Å²) in [4.78, 5) is 12.3. The van der Waals surface area contributed by atoms with Crippen molar-refractivity contribution >= 4 is 11.0 Å². The number of fused-ring (bicyclic) bond motifs is 2. The molecular weight excluding hydrogens is 396 g/mol. The highest BCUT2D eigenvalue weighted by molar-refractivity contribution is 5.79.